The number of rotatable bonds is 0. The molecular weight excluding hydrogens is 202 g/mol. The Labute approximate surface area is 83.9 Å². The summed E-state index contributed by atoms with van der Waals surface area (Å²) in [6, 6.07) is 7.60. The Hall–Kier alpha value is -0.610. The summed E-state index contributed by atoms with van der Waals surface area (Å²) in [5.74, 6) is 0.568. The molecule has 4 heteroatoms. The van der Waals surface area contributed by atoms with E-state index in [1.807, 2.05) is 30.5 Å². The molecule has 1 aromatic carbocycles. The third kappa shape index (κ3) is 1.69. The number of aliphatic imine (C=N–C) groups is 1. The van der Waals surface area contributed by atoms with E-state index in [1.165, 1.54) is 0 Å². The molecule has 0 saturated carbocycles. The summed E-state index contributed by atoms with van der Waals surface area (Å²) in [7, 11) is -0.897. The summed E-state index contributed by atoms with van der Waals surface area (Å²) in [5, 5.41) is 0.956. The number of benzene rings is 1. The van der Waals surface area contributed by atoms with E-state index in [0.717, 1.165) is 15.6 Å². The van der Waals surface area contributed by atoms with Gasteiger partial charge in [0.05, 0.1) is 32.2 Å². The Morgan fingerprint density at radius 2 is 2.23 bits per heavy atom. The molecule has 0 fully saturated rings. The molecule has 0 amide bonds. The van der Waals surface area contributed by atoms with Gasteiger partial charge in [0.15, 0.2) is 0 Å². The number of para-hydroxylation sites is 1. The van der Waals surface area contributed by atoms with E-state index in [9.17, 15) is 4.21 Å². The topological polar surface area (TPSA) is 29.4 Å². The monoisotopic (exact) mass is 211 g/mol. The van der Waals surface area contributed by atoms with Crippen LogP contribution in [0.25, 0.3) is 0 Å². The fourth-order valence-corrected chi connectivity index (χ4v) is 3.21. The van der Waals surface area contributed by atoms with Gasteiger partial charge in [-0.2, -0.15) is 0 Å². The zero-order valence-corrected chi connectivity index (χ0v) is 8.82. The fourth-order valence-electron chi connectivity index (χ4n) is 1.20. The average molecular weight is 211 g/mol. The van der Waals surface area contributed by atoms with Crippen molar-refractivity contribution in [2.24, 2.45) is 4.99 Å². The molecule has 0 bridgehead atoms. The highest BCUT2D eigenvalue weighted by molar-refractivity contribution is 8.14. The number of hydrogen-bond acceptors (Lipinski definition) is 3. The van der Waals surface area contributed by atoms with Crippen LogP contribution in [-0.4, -0.2) is 21.3 Å². The quantitative estimate of drug-likeness (QED) is 0.658. The molecule has 2 nitrogen and oxygen atoms in total. The Balaban J connectivity index is 2.53. The molecule has 1 aliphatic heterocycles. The maximum atomic E-state index is 11.7. The maximum Gasteiger partial charge on any atom is 0.0865 e. The van der Waals surface area contributed by atoms with Gasteiger partial charge in [-0.05, 0) is 18.4 Å². The normalized spacial score (nSPS) is 20.7. The van der Waals surface area contributed by atoms with Crippen LogP contribution in [0.15, 0.2) is 34.2 Å². The van der Waals surface area contributed by atoms with E-state index >= 15 is 0 Å². The van der Waals surface area contributed by atoms with Gasteiger partial charge in [-0.15, -0.1) is 11.8 Å². The van der Waals surface area contributed by atoms with Crippen LogP contribution in [0.4, 0.5) is 5.69 Å². The van der Waals surface area contributed by atoms with Crippen molar-refractivity contribution in [1.29, 1.82) is 0 Å². The number of hydrogen-bond donors (Lipinski definition) is 0. The fraction of sp³-hybridized carbons (Fsp3) is 0.222. The molecule has 68 valence electrons. The smallest absolute Gasteiger partial charge is 0.0865 e. The Kier molecular flexibility index (Phi) is 2.51. The molecule has 1 aromatic rings. The van der Waals surface area contributed by atoms with E-state index < -0.39 is 10.8 Å². The third-order valence-electron chi connectivity index (χ3n) is 1.85. The van der Waals surface area contributed by atoms with E-state index in [0.29, 0.717) is 5.75 Å². The molecule has 0 aromatic heterocycles. The first-order chi connectivity index (χ1) is 6.31. The van der Waals surface area contributed by atoms with Crippen LogP contribution < -0.4 is 0 Å². The molecule has 1 atom stereocenters. The van der Waals surface area contributed by atoms with Crippen molar-refractivity contribution in [3.05, 3.63) is 24.3 Å². The van der Waals surface area contributed by atoms with Crippen LogP contribution >= 0.6 is 11.8 Å². The first kappa shape index (κ1) is 8.97. The van der Waals surface area contributed by atoms with Crippen molar-refractivity contribution in [3.63, 3.8) is 0 Å². The summed E-state index contributed by atoms with van der Waals surface area (Å²) in [6.45, 7) is 0. The molecule has 0 radical (unpaired) electrons. The minimum Gasteiger partial charge on any atom is -0.254 e. The Morgan fingerprint density at radius 1 is 1.46 bits per heavy atom. The van der Waals surface area contributed by atoms with Crippen molar-refractivity contribution in [1.82, 2.24) is 0 Å². The number of fused-ring (bicyclic) bond motifs is 1. The van der Waals surface area contributed by atoms with Crippen LogP contribution in [0.5, 0.6) is 0 Å². The van der Waals surface area contributed by atoms with Crippen LogP contribution in [0.1, 0.15) is 0 Å². The lowest BCUT2D eigenvalue weighted by atomic mass is 10.3. The molecule has 1 heterocycles. The van der Waals surface area contributed by atoms with E-state index in [2.05, 4.69) is 4.99 Å². The first-order valence-corrected chi connectivity index (χ1v) is 6.44. The van der Waals surface area contributed by atoms with Gasteiger partial charge >= 0.3 is 0 Å². The Morgan fingerprint density at radius 3 is 3.00 bits per heavy atom. The first-order valence-electron chi connectivity index (χ1n) is 3.90. The minimum atomic E-state index is -0.897. The van der Waals surface area contributed by atoms with Gasteiger partial charge in [0.25, 0.3) is 0 Å². The SMILES string of the molecule is CSC1=Nc2ccccc2S(=O)C1. The highest BCUT2D eigenvalue weighted by Crippen LogP contribution is 2.28. The standard InChI is InChI=1S/C9H9NOS2/c1-12-9-6-13(11)8-5-3-2-4-7(8)10-9/h2-5H,6H2,1H3. The average Bonchev–Trinajstić information content (AvgIpc) is 2.18. The van der Waals surface area contributed by atoms with Crippen LogP contribution in [0.2, 0.25) is 0 Å². The second-order valence-corrected chi connectivity index (χ2v) is 4.97. The van der Waals surface area contributed by atoms with Gasteiger partial charge in [0.1, 0.15) is 0 Å². The van der Waals surface area contributed by atoms with Gasteiger partial charge in [0, 0.05) is 0 Å². The molecule has 0 aliphatic carbocycles. The van der Waals surface area contributed by atoms with Crippen molar-refractivity contribution >= 4 is 33.3 Å². The van der Waals surface area contributed by atoms with Crippen molar-refractivity contribution in [2.45, 2.75) is 4.90 Å². The predicted molar refractivity (Wildman–Crippen MR) is 58.3 cm³/mol. The van der Waals surface area contributed by atoms with E-state index in [1.54, 1.807) is 11.8 Å². The summed E-state index contributed by atoms with van der Waals surface area (Å²) < 4.78 is 11.7. The van der Waals surface area contributed by atoms with Crippen molar-refractivity contribution in [2.75, 3.05) is 12.0 Å². The zero-order valence-electron chi connectivity index (χ0n) is 7.19. The lowest BCUT2D eigenvalue weighted by Gasteiger charge is -2.12. The molecule has 1 aliphatic rings. The summed E-state index contributed by atoms with van der Waals surface area (Å²) in [4.78, 5) is 5.26. The van der Waals surface area contributed by atoms with Gasteiger partial charge in [0.2, 0.25) is 0 Å². The predicted octanol–water partition coefficient (Wildman–Crippen LogP) is 2.20. The molecule has 13 heavy (non-hydrogen) atoms. The van der Waals surface area contributed by atoms with Gasteiger partial charge in [-0.25, -0.2) is 4.99 Å². The Bertz CT molecular complexity index is 387. The van der Waals surface area contributed by atoms with Crippen LogP contribution in [0.3, 0.4) is 0 Å². The lowest BCUT2D eigenvalue weighted by molar-refractivity contribution is 0.685. The molecule has 0 spiro atoms. The second kappa shape index (κ2) is 3.64. The van der Waals surface area contributed by atoms with E-state index in [-0.39, 0.29) is 0 Å². The highest BCUT2D eigenvalue weighted by Gasteiger charge is 2.16. The highest BCUT2D eigenvalue weighted by atomic mass is 32.2. The van der Waals surface area contributed by atoms with E-state index in [4.69, 9.17) is 0 Å². The van der Waals surface area contributed by atoms with Gasteiger partial charge < -0.3 is 0 Å². The number of thioether (sulfide) groups is 1. The molecule has 0 N–H and O–H groups in total. The maximum absolute atomic E-state index is 11.7. The summed E-state index contributed by atoms with van der Waals surface area (Å²) >= 11 is 1.57. The molecular formula is C9H9NOS2. The van der Waals surface area contributed by atoms with Crippen molar-refractivity contribution < 1.29 is 4.21 Å². The molecule has 2 rings (SSSR count). The third-order valence-corrected chi connectivity index (χ3v) is 4.11. The van der Waals surface area contributed by atoms with Crippen molar-refractivity contribution in [3.8, 4) is 0 Å². The van der Waals surface area contributed by atoms with Crippen LogP contribution in [-0.2, 0) is 10.8 Å². The number of nitrogens with zero attached hydrogens (tertiary/aromatic N) is 1. The summed E-state index contributed by atoms with van der Waals surface area (Å²) in [5.41, 5.74) is 0.858. The van der Waals surface area contributed by atoms with Gasteiger partial charge in [-0.3, -0.25) is 4.21 Å². The largest absolute Gasteiger partial charge is 0.254 e. The van der Waals surface area contributed by atoms with Gasteiger partial charge in [-0.1, -0.05) is 12.1 Å². The molecule has 0 saturated heterocycles. The second-order valence-electron chi connectivity index (χ2n) is 2.67. The minimum absolute atomic E-state index is 0.568. The lowest BCUT2D eigenvalue weighted by Crippen LogP contribution is -2.11. The van der Waals surface area contributed by atoms with Crippen LogP contribution in [0, 0.1) is 0 Å². The molecule has 1 unspecified atom stereocenters. The summed E-state index contributed by atoms with van der Waals surface area (Å²) in [6.07, 6.45) is 1.96. The zero-order chi connectivity index (χ0) is 9.26.